The topological polar surface area (TPSA) is 107 Å². The fourth-order valence-electron chi connectivity index (χ4n) is 1.08. The third kappa shape index (κ3) is 2.75. The van der Waals surface area contributed by atoms with Gasteiger partial charge in [0.2, 0.25) is 5.16 Å². The Balaban J connectivity index is 2.22. The molecule has 0 aromatic carbocycles. The van der Waals surface area contributed by atoms with E-state index in [2.05, 4.69) is 25.5 Å². The molecule has 0 saturated heterocycles. The first kappa shape index (κ1) is 11.5. The first-order chi connectivity index (χ1) is 8.16. The van der Waals surface area contributed by atoms with Crippen LogP contribution >= 0.6 is 11.8 Å². The maximum absolute atomic E-state index is 10.6. The Hall–Kier alpha value is -2.03. The van der Waals surface area contributed by atoms with E-state index in [1.165, 1.54) is 16.4 Å². The zero-order valence-corrected chi connectivity index (χ0v) is 9.63. The highest BCUT2D eigenvalue weighted by Crippen LogP contribution is 2.24. The molecule has 0 unspecified atom stereocenters. The molecule has 0 aliphatic rings. The standard InChI is InChI=1S/C8H8N6O2S/c1-5-7(10-3-2-9-5)17-8-11-12-13-14(8)4-6(15)16/h2-3H,4H2,1H3,(H,15,16). The molecule has 2 aromatic heterocycles. The van der Waals surface area contributed by atoms with E-state index >= 15 is 0 Å². The van der Waals surface area contributed by atoms with Crippen molar-refractivity contribution >= 4 is 17.7 Å². The molecule has 0 atom stereocenters. The summed E-state index contributed by atoms with van der Waals surface area (Å²) in [4.78, 5) is 18.8. The van der Waals surface area contributed by atoms with Crippen molar-refractivity contribution in [1.29, 1.82) is 0 Å². The SMILES string of the molecule is Cc1nccnc1Sc1nnnn1CC(=O)O. The summed E-state index contributed by atoms with van der Waals surface area (Å²) in [6.45, 7) is 1.52. The molecular weight excluding hydrogens is 244 g/mol. The van der Waals surface area contributed by atoms with Crippen LogP contribution in [0.1, 0.15) is 5.69 Å². The summed E-state index contributed by atoms with van der Waals surface area (Å²) in [6.07, 6.45) is 3.14. The molecule has 0 radical (unpaired) electrons. The number of aryl methyl sites for hydroxylation is 1. The Bertz CT molecular complexity index is 542. The highest BCUT2D eigenvalue weighted by atomic mass is 32.2. The fourth-order valence-corrected chi connectivity index (χ4v) is 1.85. The number of carbonyl (C=O) groups is 1. The Labute approximate surface area is 100 Å². The van der Waals surface area contributed by atoms with Gasteiger partial charge in [-0.15, -0.1) is 5.10 Å². The Morgan fingerprint density at radius 2 is 2.24 bits per heavy atom. The third-order valence-corrected chi connectivity index (χ3v) is 2.88. The molecule has 17 heavy (non-hydrogen) atoms. The molecule has 0 aliphatic heterocycles. The van der Waals surface area contributed by atoms with E-state index in [-0.39, 0.29) is 6.54 Å². The molecular formula is C8H8N6O2S. The van der Waals surface area contributed by atoms with Crippen molar-refractivity contribution in [3.05, 3.63) is 18.1 Å². The van der Waals surface area contributed by atoms with E-state index in [1.54, 1.807) is 19.3 Å². The molecule has 0 bridgehead atoms. The summed E-state index contributed by atoms with van der Waals surface area (Å²) in [7, 11) is 0. The number of tetrazole rings is 1. The van der Waals surface area contributed by atoms with Crippen LogP contribution in [0.3, 0.4) is 0 Å². The second-order valence-corrected chi connectivity index (χ2v) is 4.02. The molecule has 1 N–H and O–H groups in total. The number of hydrogen-bond acceptors (Lipinski definition) is 7. The van der Waals surface area contributed by atoms with Crippen molar-refractivity contribution < 1.29 is 9.90 Å². The first-order valence-electron chi connectivity index (χ1n) is 4.60. The number of carboxylic acid groups (broad SMARTS) is 1. The second-order valence-electron chi connectivity index (χ2n) is 3.06. The maximum Gasteiger partial charge on any atom is 0.325 e. The highest BCUT2D eigenvalue weighted by molar-refractivity contribution is 7.99. The van der Waals surface area contributed by atoms with Gasteiger partial charge in [-0.2, -0.15) is 0 Å². The molecule has 0 amide bonds. The van der Waals surface area contributed by atoms with E-state index in [0.29, 0.717) is 10.2 Å². The number of aliphatic carboxylic acids is 1. The van der Waals surface area contributed by atoms with Gasteiger partial charge in [0.25, 0.3) is 0 Å². The van der Waals surface area contributed by atoms with Crippen molar-refractivity contribution in [2.45, 2.75) is 23.7 Å². The molecule has 88 valence electrons. The van der Waals surface area contributed by atoms with Gasteiger partial charge in [0, 0.05) is 12.4 Å². The highest BCUT2D eigenvalue weighted by Gasteiger charge is 2.13. The molecule has 2 aromatic rings. The number of hydrogen-bond donors (Lipinski definition) is 1. The molecule has 0 saturated carbocycles. The normalized spacial score (nSPS) is 10.4. The van der Waals surface area contributed by atoms with Crippen LogP contribution in [0.5, 0.6) is 0 Å². The molecule has 0 aliphatic carbocycles. The largest absolute Gasteiger partial charge is 0.480 e. The zero-order chi connectivity index (χ0) is 12.3. The zero-order valence-electron chi connectivity index (χ0n) is 8.81. The van der Waals surface area contributed by atoms with Crippen LogP contribution in [-0.2, 0) is 11.3 Å². The van der Waals surface area contributed by atoms with Gasteiger partial charge in [-0.3, -0.25) is 9.78 Å². The van der Waals surface area contributed by atoms with Crippen molar-refractivity contribution in [3.63, 3.8) is 0 Å². The predicted molar refractivity (Wildman–Crippen MR) is 56.3 cm³/mol. The smallest absolute Gasteiger partial charge is 0.325 e. The van der Waals surface area contributed by atoms with Crippen molar-refractivity contribution in [2.75, 3.05) is 0 Å². The summed E-state index contributed by atoms with van der Waals surface area (Å²) in [5, 5.41) is 20.5. The number of aromatic nitrogens is 6. The average Bonchev–Trinajstić information content (AvgIpc) is 2.68. The van der Waals surface area contributed by atoms with Crippen LogP contribution in [0.2, 0.25) is 0 Å². The molecule has 2 rings (SSSR count). The molecule has 9 heteroatoms. The Kier molecular flexibility index (Phi) is 3.28. The van der Waals surface area contributed by atoms with E-state index in [1.807, 2.05) is 0 Å². The van der Waals surface area contributed by atoms with E-state index in [9.17, 15) is 4.79 Å². The Morgan fingerprint density at radius 3 is 2.94 bits per heavy atom. The third-order valence-electron chi connectivity index (χ3n) is 1.81. The minimum atomic E-state index is -1.00. The van der Waals surface area contributed by atoms with Crippen LogP contribution < -0.4 is 0 Å². The molecule has 8 nitrogen and oxygen atoms in total. The molecule has 0 spiro atoms. The van der Waals surface area contributed by atoms with Crippen LogP contribution in [-0.4, -0.2) is 41.3 Å². The monoisotopic (exact) mass is 252 g/mol. The van der Waals surface area contributed by atoms with Crippen molar-refractivity contribution in [3.8, 4) is 0 Å². The number of rotatable bonds is 4. The number of nitrogens with zero attached hydrogens (tertiary/aromatic N) is 6. The summed E-state index contributed by atoms with van der Waals surface area (Å²) in [5.74, 6) is -1.00. The van der Waals surface area contributed by atoms with Gasteiger partial charge >= 0.3 is 5.97 Å². The van der Waals surface area contributed by atoms with E-state index in [0.717, 1.165) is 5.69 Å². The van der Waals surface area contributed by atoms with Gasteiger partial charge < -0.3 is 5.11 Å². The average molecular weight is 252 g/mol. The van der Waals surface area contributed by atoms with Gasteiger partial charge in [0.15, 0.2) is 0 Å². The maximum atomic E-state index is 10.6. The van der Waals surface area contributed by atoms with E-state index < -0.39 is 5.97 Å². The minimum absolute atomic E-state index is 0.283. The van der Waals surface area contributed by atoms with E-state index in [4.69, 9.17) is 5.11 Å². The van der Waals surface area contributed by atoms with Crippen LogP contribution in [0, 0.1) is 6.92 Å². The van der Waals surface area contributed by atoms with Gasteiger partial charge in [0.1, 0.15) is 11.6 Å². The lowest BCUT2D eigenvalue weighted by Gasteiger charge is -2.02. The van der Waals surface area contributed by atoms with Gasteiger partial charge in [-0.25, -0.2) is 9.67 Å². The van der Waals surface area contributed by atoms with Gasteiger partial charge in [-0.1, -0.05) is 0 Å². The Morgan fingerprint density at radius 1 is 1.47 bits per heavy atom. The van der Waals surface area contributed by atoms with Crippen LogP contribution in [0.4, 0.5) is 0 Å². The van der Waals surface area contributed by atoms with Gasteiger partial charge in [-0.05, 0) is 29.1 Å². The second kappa shape index (κ2) is 4.87. The summed E-state index contributed by atoms with van der Waals surface area (Å²) in [5.41, 5.74) is 0.738. The lowest BCUT2D eigenvalue weighted by atomic mass is 10.5. The van der Waals surface area contributed by atoms with Crippen molar-refractivity contribution in [2.24, 2.45) is 0 Å². The van der Waals surface area contributed by atoms with Crippen molar-refractivity contribution in [1.82, 2.24) is 30.2 Å². The number of carboxylic acids is 1. The summed E-state index contributed by atoms with van der Waals surface area (Å²) in [6, 6.07) is 0. The first-order valence-corrected chi connectivity index (χ1v) is 5.42. The summed E-state index contributed by atoms with van der Waals surface area (Å²) >= 11 is 1.18. The van der Waals surface area contributed by atoms with Crippen LogP contribution in [0.25, 0.3) is 0 Å². The van der Waals surface area contributed by atoms with Crippen LogP contribution in [0.15, 0.2) is 22.6 Å². The summed E-state index contributed by atoms with van der Waals surface area (Å²) < 4.78 is 1.20. The predicted octanol–water partition coefficient (Wildman–Crippen LogP) is 0.00732. The lowest BCUT2D eigenvalue weighted by molar-refractivity contribution is -0.138. The quantitative estimate of drug-likeness (QED) is 0.810. The fraction of sp³-hybridized carbons (Fsp3) is 0.250. The molecule has 2 heterocycles. The lowest BCUT2D eigenvalue weighted by Crippen LogP contribution is -2.11. The van der Waals surface area contributed by atoms with Gasteiger partial charge in [0.05, 0.1) is 5.69 Å². The minimum Gasteiger partial charge on any atom is -0.480 e. The molecule has 0 fully saturated rings.